The fraction of sp³-hybridized carbons (Fsp3) is 0.941. The molecule has 20 heavy (non-hydrogen) atoms. The number of hydrogen-bond donors (Lipinski definition) is 2. The average Bonchev–Trinajstić information content (AvgIpc) is 2.43. The van der Waals surface area contributed by atoms with E-state index in [-0.39, 0.29) is 11.3 Å². The quantitative estimate of drug-likeness (QED) is 0.830. The average molecular weight is 280 g/mol. The molecule has 0 aromatic heterocycles. The molecule has 2 aliphatic rings. The summed E-state index contributed by atoms with van der Waals surface area (Å²) >= 11 is 0. The monoisotopic (exact) mass is 280 g/mol. The van der Waals surface area contributed by atoms with Gasteiger partial charge in [0.2, 0.25) is 5.91 Å². The Morgan fingerprint density at radius 2 is 1.90 bits per heavy atom. The van der Waals surface area contributed by atoms with E-state index in [0.717, 1.165) is 25.2 Å². The molecule has 0 heterocycles. The Morgan fingerprint density at radius 3 is 2.50 bits per heavy atom. The summed E-state index contributed by atoms with van der Waals surface area (Å²) in [5.41, 5.74) is 6.08. The van der Waals surface area contributed by atoms with Crippen molar-refractivity contribution >= 4 is 5.91 Å². The van der Waals surface area contributed by atoms with E-state index in [0.29, 0.717) is 24.9 Å². The lowest BCUT2D eigenvalue weighted by atomic mass is 9.71. The minimum Gasteiger partial charge on any atom is -0.353 e. The minimum atomic E-state index is 0.0908. The van der Waals surface area contributed by atoms with Crippen LogP contribution in [0, 0.1) is 17.3 Å². The fourth-order valence-corrected chi connectivity index (χ4v) is 4.23. The van der Waals surface area contributed by atoms with E-state index < -0.39 is 0 Å². The molecule has 1 amide bonds. The van der Waals surface area contributed by atoms with Crippen LogP contribution < -0.4 is 11.1 Å². The molecule has 0 aromatic rings. The van der Waals surface area contributed by atoms with Crippen molar-refractivity contribution in [2.45, 2.75) is 77.7 Å². The minimum absolute atomic E-state index is 0.0908. The van der Waals surface area contributed by atoms with Crippen molar-refractivity contribution < 1.29 is 4.79 Å². The second kappa shape index (κ2) is 6.93. The van der Waals surface area contributed by atoms with Crippen molar-refractivity contribution in [2.75, 3.05) is 6.54 Å². The zero-order valence-electron chi connectivity index (χ0n) is 13.3. The first kappa shape index (κ1) is 15.8. The van der Waals surface area contributed by atoms with Gasteiger partial charge < -0.3 is 11.1 Å². The standard InChI is InChI=1S/C17H32N2O/c1-13-6-7-15(14(2)10-13)19-16(20)11-17(12-18)8-4-3-5-9-17/h13-15H,3-12,18H2,1-2H3,(H,19,20). The Morgan fingerprint density at radius 1 is 1.20 bits per heavy atom. The van der Waals surface area contributed by atoms with Crippen LogP contribution in [0.2, 0.25) is 0 Å². The van der Waals surface area contributed by atoms with Gasteiger partial charge in [-0.25, -0.2) is 0 Å². The Kier molecular flexibility index (Phi) is 5.48. The summed E-state index contributed by atoms with van der Waals surface area (Å²) in [5.74, 6) is 1.67. The van der Waals surface area contributed by atoms with Gasteiger partial charge in [0.15, 0.2) is 0 Å². The number of carbonyl (C=O) groups excluding carboxylic acids is 1. The van der Waals surface area contributed by atoms with Crippen LogP contribution in [0.25, 0.3) is 0 Å². The fourth-order valence-electron chi connectivity index (χ4n) is 4.23. The Balaban J connectivity index is 1.85. The van der Waals surface area contributed by atoms with Crippen LogP contribution >= 0.6 is 0 Å². The van der Waals surface area contributed by atoms with Gasteiger partial charge >= 0.3 is 0 Å². The first-order valence-corrected chi connectivity index (χ1v) is 8.54. The summed E-state index contributed by atoms with van der Waals surface area (Å²) in [5, 5.41) is 3.30. The molecule has 0 spiro atoms. The highest BCUT2D eigenvalue weighted by atomic mass is 16.1. The lowest BCUT2D eigenvalue weighted by Crippen LogP contribution is -2.45. The summed E-state index contributed by atoms with van der Waals surface area (Å²) in [4.78, 5) is 12.4. The summed E-state index contributed by atoms with van der Waals surface area (Å²) in [6.45, 7) is 5.26. The smallest absolute Gasteiger partial charge is 0.220 e. The number of amides is 1. The van der Waals surface area contributed by atoms with Gasteiger partial charge in [0.1, 0.15) is 0 Å². The second-order valence-corrected chi connectivity index (χ2v) is 7.51. The Labute approximate surface area is 124 Å². The van der Waals surface area contributed by atoms with Crippen molar-refractivity contribution in [3.8, 4) is 0 Å². The lowest BCUT2D eigenvalue weighted by molar-refractivity contribution is -0.125. The maximum absolute atomic E-state index is 12.4. The summed E-state index contributed by atoms with van der Waals surface area (Å²) in [6, 6.07) is 0.386. The molecule has 0 aliphatic heterocycles. The molecule has 0 radical (unpaired) electrons. The van der Waals surface area contributed by atoms with E-state index in [2.05, 4.69) is 19.2 Å². The first-order chi connectivity index (χ1) is 9.54. The molecule has 116 valence electrons. The van der Waals surface area contributed by atoms with Crippen LogP contribution in [0.4, 0.5) is 0 Å². The molecule has 3 atom stereocenters. The molecule has 0 bridgehead atoms. The van der Waals surface area contributed by atoms with Gasteiger partial charge in [0.25, 0.3) is 0 Å². The molecule has 3 N–H and O–H groups in total. The van der Waals surface area contributed by atoms with E-state index in [1.165, 1.54) is 32.1 Å². The van der Waals surface area contributed by atoms with Crippen LogP contribution in [0.3, 0.4) is 0 Å². The summed E-state index contributed by atoms with van der Waals surface area (Å²) in [6.07, 6.45) is 10.3. The third kappa shape index (κ3) is 3.97. The maximum Gasteiger partial charge on any atom is 0.220 e. The molecule has 0 saturated heterocycles. The van der Waals surface area contributed by atoms with E-state index in [9.17, 15) is 4.79 Å². The molecular weight excluding hydrogens is 248 g/mol. The molecular formula is C17H32N2O. The van der Waals surface area contributed by atoms with Gasteiger partial charge in [-0.05, 0) is 55.9 Å². The Bertz CT molecular complexity index is 323. The number of nitrogens with one attached hydrogen (secondary N) is 1. The molecule has 3 nitrogen and oxygen atoms in total. The number of rotatable bonds is 4. The van der Waals surface area contributed by atoms with Gasteiger partial charge in [0.05, 0.1) is 0 Å². The largest absolute Gasteiger partial charge is 0.353 e. The van der Waals surface area contributed by atoms with Crippen LogP contribution in [0.5, 0.6) is 0 Å². The van der Waals surface area contributed by atoms with Crippen molar-refractivity contribution in [3.05, 3.63) is 0 Å². The number of hydrogen-bond acceptors (Lipinski definition) is 2. The number of carbonyl (C=O) groups is 1. The first-order valence-electron chi connectivity index (χ1n) is 8.54. The maximum atomic E-state index is 12.4. The lowest BCUT2D eigenvalue weighted by Gasteiger charge is -2.37. The van der Waals surface area contributed by atoms with Crippen molar-refractivity contribution in [1.29, 1.82) is 0 Å². The van der Waals surface area contributed by atoms with E-state index >= 15 is 0 Å². The van der Waals surface area contributed by atoms with Crippen molar-refractivity contribution in [2.24, 2.45) is 23.0 Å². The molecule has 2 saturated carbocycles. The number of nitrogens with two attached hydrogens (primary N) is 1. The molecule has 2 fully saturated rings. The summed E-state index contributed by atoms with van der Waals surface area (Å²) < 4.78 is 0. The third-order valence-electron chi connectivity index (χ3n) is 5.66. The molecule has 3 unspecified atom stereocenters. The van der Waals surface area contributed by atoms with Crippen LogP contribution in [-0.2, 0) is 4.79 Å². The predicted octanol–water partition coefficient (Wildman–Crippen LogP) is 3.23. The third-order valence-corrected chi connectivity index (χ3v) is 5.66. The van der Waals surface area contributed by atoms with E-state index in [4.69, 9.17) is 5.73 Å². The molecule has 2 rings (SSSR count). The normalized spacial score (nSPS) is 33.6. The topological polar surface area (TPSA) is 55.1 Å². The van der Waals surface area contributed by atoms with Crippen LogP contribution in [0.1, 0.15) is 71.6 Å². The molecule has 3 heteroatoms. The van der Waals surface area contributed by atoms with Gasteiger partial charge in [-0.15, -0.1) is 0 Å². The zero-order valence-corrected chi connectivity index (χ0v) is 13.3. The van der Waals surface area contributed by atoms with E-state index in [1.54, 1.807) is 0 Å². The van der Waals surface area contributed by atoms with Crippen molar-refractivity contribution in [3.63, 3.8) is 0 Å². The van der Waals surface area contributed by atoms with Crippen molar-refractivity contribution in [1.82, 2.24) is 5.32 Å². The SMILES string of the molecule is CC1CCC(NC(=O)CC2(CN)CCCCC2)C(C)C1. The second-order valence-electron chi connectivity index (χ2n) is 7.51. The molecule has 0 aromatic carbocycles. The molecule has 2 aliphatic carbocycles. The van der Waals surface area contributed by atoms with Crippen LogP contribution in [0.15, 0.2) is 0 Å². The van der Waals surface area contributed by atoms with E-state index in [1.807, 2.05) is 0 Å². The summed E-state index contributed by atoms with van der Waals surface area (Å²) in [7, 11) is 0. The van der Waals surface area contributed by atoms with Gasteiger partial charge in [0, 0.05) is 12.5 Å². The highest BCUT2D eigenvalue weighted by Crippen LogP contribution is 2.38. The predicted molar refractivity (Wildman–Crippen MR) is 83.3 cm³/mol. The Hall–Kier alpha value is -0.570. The van der Waals surface area contributed by atoms with Gasteiger partial charge in [-0.1, -0.05) is 33.1 Å². The highest BCUT2D eigenvalue weighted by Gasteiger charge is 2.34. The highest BCUT2D eigenvalue weighted by molar-refractivity contribution is 5.77. The van der Waals surface area contributed by atoms with Gasteiger partial charge in [-0.3, -0.25) is 4.79 Å². The van der Waals surface area contributed by atoms with Gasteiger partial charge in [-0.2, -0.15) is 0 Å². The van der Waals surface area contributed by atoms with Crippen LogP contribution in [-0.4, -0.2) is 18.5 Å². The zero-order chi connectivity index (χ0) is 14.6.